The van der Waals surface area contributed by atoms with Gasteiger partial charge in [0, 0.05) is 23.4 Å². The molecule has 0 aliphatic heterocycles. The Labute approximate surface area is 173 Å². The second kappa shape index (κ2) is 9.22. The Bertz CT molecular complexity index is 1070. The maximum atomic E-state index is 12.9. The van der Waals surface area contributed by atoms with Gasteiger partial charge in [-0.15, -0.1) is 11.3 Å². The highest BCUT2D eigenvalue weighted by Gasteiger charge is 2.27. The summed E-state index contributed by atoms with van der Waals surface area (Å²) in [7, 11) is 0. The lowest BCUT2D eigenvalue weighted by atomic mass is 10.0. The molecule has 3 amide bonds. The third-order valence-corrected chi connectivity index (χ3v) is 5.70. The topological polar surface area (TPSA) is 85.2 Å². The lowest BCUT2D eigenvalue weighted by Crippen LogP contribution is -2.49. The molecule has 0 spiro atoms. The molecule has 3 aromatic rings. The Kier molecular flexibility index (Phi) is 6.47. The molecule has 1 heterocycles. The molecular formula is C22H22N4O2S. The van der Waals surface area contributed by atoms with E-state index in [1.165, 1.54) is 0 Å². The van der Waals surface area contributed by atoms with E-state index in [1.807, 2.05) is 61.0 Å². The molecule has 1 unspecified atom stereocenters. The zero-order valence-electron chi connectivity index (χ0n) is 16.3. The van der Waals surface area contributed by atoms with Crippen molar-refractivity contribution in [3.8, 4) is 6.19 Å². The van der Waals surface area contributed by atoms with E-state index in [4.69, 9.17) is 0 Å². The summed E-state index contributed by atoms with van der Waals surface area (Å²) in [4.78, 5) is 26.5. The highest BCUT2D eigenvalue weighted by molar-refractivity contribution is 7.17. The monoisotopic (exact) mass is 406 g/mol. The number of nitriles is 1. The highest BCUT2D eigenvalue weighted by atomic mass is 32.1. The first-order valence-electron chi connectivity index (χ1n) is 9.32. The minimum Gasteiger partial charge on any atom is -0.326 e. The van der Waals surface area contributed by atoms with Gasteiger partial charge in [-0.2, -0.15) is 5.26 Å². The number of thiophene rings is 1. The molecule has 7 heteroatoms. The largest absolute Gasteiger partial charge is 0.326 e. The van der Waals surface area contributed by atoms with Crippen LogP contribution in [0.4, 0.5) is 10.5 Å². The van der Waals surface area contributed by atoms with Crippen LogP contribution in [0.15, 0.2) is 53.9 Å². The van der Waals surface area contributed by atoms with Gasteiger partial charge in [0.25, 0.3) is 5.91 Å². The van der Waals surface area contributed by atoms with Crippen molar-refractivity contribution in [3.05, 3.63) is 65.0 Å². The summed E-state index contributed by atoms with van der Waals surface area (Å²) < 4.78 is 1.12. The van der Waals surface area contributed by atoms with Gasteiger partial charge in [-0.05, 0) is 47.9 Å². The van der Waals surface area contributed by atoms with Crippen molar-refractivity contribution in [2.45, 2.75) is 26.3 Å². The number of aryl methyl sites for hydroxylation is 1. The van der Waals surface area contributed by atoms with Crippen LogP contribution in [0.5, 0.6) is 0 Å². The number of para-hydroxylation sites is 1. The van der Waals surface area contributed by atoms with Crippen molar-refractivity contribution >= 4 is 39.0 Å². The summed E-state index contributed by atoms with van der Waals surface area (Å²) in [6, 6.07) is 14.0. The molecule has 0 aliphatic rings. The van der Waals surface area contributed by atoms with E-state index in [0.717, 1.165) is 26.1 Å². The molecule has 0 radical (unpaired) electrons. The molecule has 1 aromatic heterocycles. The van der Waals surface area contributed by atoms with Gasteiger partial charge in [0.15, 0.2) is 6.19 Å². The van der Waals surface area contributed by atoms with E-state index in [2.05, 4.69) is 10.6 Å². The molecule has 6 nitrogen and oxygen atoms in total. The molecule has 29 heavy (non-hydrogen) atoms. The number of nitrogens with zero attached hydrogens (tertiary/aromatic N) is 2. The number of fused-ring (bicyclic) bond motifs is 1. The standard InChI is InChI=1S/C22H22N4O2S/c1-3-26(14-23)21(27)19(12-16-13-29-20-11-7-5-9-17(16)20)25-22(28)24-18-10-6-4-8-15(18)2/h4-11,13,19H,3,12H2,1-2H3,(H2,24,25,28). The SMILES string of the molecule is CCN(C#N)C(=O)C(Cc1csc2ccccc12)NC(=O)Nc1ccccc1C. The third kappa shape index (κ3) is 4.73. The number of carbonyl (C=O) groups is 2. The van der Waals surface area contributed by atoms with Crippen LogP contribution in [0, 0.1) is 18.4 Å². The first-order chi connectivity index (χ1) is 14.0. The number of benzene rings is 2. The van der Waals surface area contributed by atoms with Gasteiger partial charge in [0.05, 0.1) is 0 Å². The number of likely N-dealkylation sites (N-methyl/N-ethyl adjacent to an activating group) is 1. The smallest absolute Gasteiger partial charge is 0.319 e. The Balaban J connectivity index is 1.83. The summed E-state index contributed by atoms with van der Waals surface area (Å²) in [6.07, 6.45) is 2.20. The first-order valence-corrected chi connectivity index (χ1v) is 10.2. The van der Waals surface area contributed by atoms with Crippen molar-refractivity contribution in [3.63, 3.8) is 0 Å². The average molecular weight is 407 g/mol. The van der Waals surface area contributed by atoms with Gasteiger partial charge in [-0.1, -0.05) is 36.4 Å². The fourth-order valence-electron chi connectivity index (χ4n) is 3.10. The lowest BCUT2D eigenvalue weighted by Gasteiger charge is -2.22. The summed E-state index contributed by atoms with van der Waals surface area (Å²) in [5.74, 6) is -0.426. The zero-order chi connectivity index (χ0) is 20.8. The van der Waals surface area contributed by atoms with Crippen LogP contribution in [0.25, 0.3) is 10.1 Å². The van der Waals surface area contributed by atoms with E-state index in [1.54, 1.807) is 24.3 Å². The second-order valence-corrected chi connectivity index (χ2v) is 7.52. The quantitative estimate of drug-likeness (QED) is 0.473. The third-order valence-electron chi connectivity index (χ3n) is 4.68. The molecular weight excluding hydrogens is 384 g/mol. The van der Waals surface area contributed by atoms with Crippen LogP contribution < -0.4 is 10.6 Å². The minimum atomic E-state index is -0.850. The number of anilines is 1. The van der Waals surface area contributed by atoms with Crippen molar-refractivity contribution in [2.24, 2.45) is 0 Å². The predicted molar refractivity (Wildman–Crippen MR) is 116 cm³/mol. The Morgan fingerprint density at radius 3 is 2.62 bits per heavy atom. The number of hydrogen-bond acceptors (Lipinski definition) is 4. The predicted octanol–water partition coefficient (Wildman–Crippen LogP) is 4.27. The second-order valence-electron chi connectivity index (χ2n) is 6.61. The van der Waals surface area contributed by atoms with E-state index in [9.17, 15) is 14.9 Å². The molecule has 0 fully saturated rings. The molecule has 2 N–H and O–H groups in total. The van der Waals surface area contributed by atoms with E-state index in [-0.39, 0.29) is 6.54 Å². The minimum absolute atomic E-state index is 0.247. The molecule has 0 bridgehead atoms. The van der Waals surface area contributed by atoms with Crippen LogP contribution in [0.1, 0.15) is 18.1 Å². The van der Waals surface area contributed by atoms with Crippen molar-refractivity contribution in [1.82, 2.24) is 10.2 Å². The Hall–Kier alpha value is -3.37. The Morgan fingerprint density at radius 2 is 1.90 bits per heavy atom. The number of hydrogen-bond donors (Lipinski definition) is 2. The summed E-state index contributed by atoms with van der Waals surface area (Å²) >= 11 is 1.59. The number of rotatable bonds is 6. The number of amides is 3. The van der Waals surface area contributed by atoms with Crippen LogP contribution in [0.3, 0.4) is 0 Å². The molecule has 0 aliphatic carbocycles. The van der Waals surface area contributed by atoms with Crippen LogP contribution in [0.2, 0.25) is 0 Å². The lowest BCUT2D eigenvalue weighted by molar-refractivity contribution is -0.129. The van der Waals surface area contributed by atoms with Gasteiger partial charge in [0.1, 0.15) is 6.04 Å². The number of carbonyl (C=O) groups excluding carboxylic acids is 2. The van der Waals surface area contributed by atoms with Crippen LogP contribution >= 0.6 is 11.3 Å². The average Bonchev–Trinajstić information content (AvgIpc) is 3.13. The Morgan fingerprint density at radius 1 is 1.17 bits per heavy atom. The van der Waals surface area contributed by atoms with Crippen molar-refractivity contribution in [2.75, 3.05) is 11.9 Å². The van der Waals surface area contributed by atoms with E-state index < -0.39 is 18.0 Å². The van der Waals surface area contributed by atoms with Crippen molar-refractivity contribution in [1.29, 1.82) is 5.26 Å². The van der Waals surface area contributed by atoms with Crippen LogP contribution in [-0.2, 0) is 11.2 Å². The van der Waals surface area contributed by atoms with Crippen LogP contribution in [-0.4, -0.2) is 29.4 Å². The molecule has 3 rings (SSSR count). The van der Waals surface area contributed by atoms with Gasteiger partial charge >= 0.3 is 6.03 Å². The molecule has 148 valence electrons. The van der Waals surface area contributed by atoms with Gasteiger partial charge in [0.2, 0.25) is 0 Å². The fourth-order valence-corrected chi connectivity index (χ4v) is 4.08. The van der Waals surface area contributed by atoms with Crippen molar-refractivity contribution < 1.29 is 9.59 Å². The van der Waals surface area contributed by atoms with Gasteiger partial charge in [-0.3, -0.25) is 4.79 Å². The number of urea groups is 1. The fraction of sp³-hybridized carbons (Fsp3) is 0.227. The van der Waals surface area contributed by atoms with E-state index in [0.29, 0.717) is 12.1 Å². The summed E-state index contributed by atoms with van der Waals surface area (Å²) in [5, 5.41) is 17.9. The molecule has 1 atom stereocenters. The van der Waals surface area contributed by atoms with Gasteiger partial charge < -0.3 is 10.6 Å². The molecule has 0 saturated heterocycles. The van der Waals surface area contributed by atoms with E-state index >= 15 is 0 Å². The maximum absolute atomic E-state index is 12.9. The number of nitrogens with one attached hydrogen (secondary N) is 2. The summed E-state index contributed by atoms with van der Waals surface area (Å²) in [5.41, 5.74) is 2.56. The molecule has 2 aromatic carbocycles. The summed E-state index contributed by atoms with van der Waals surface area (Å²) in [6.45, 7) is 3.87. The molecule has 0 saturated carbocycles. The zero-order valence-corrected chi connectivity index (χ0v) is 17.1. The normalized spacial score (nSPS) is 11.5. The van der Waals surface area contributed by atoms with Gasteiger partial charge in [-0.25, -0.2) is 9.69 Å². The first kappa shape index (κ1) is 20.4. The highest BCUT2D eigenvalue weighted by Crippen LogP contribution is 2.27. The maximum Gasteiger partial charge on any atom is 0.319 e.